The molecule has 0 aliphatic rings. The van der Waals surface area contributed by atoms with Crippen molar-refractivity contribution >= 4 is 15.8 Å². The van der Waals surface area contributed by atoms with E-state index in [1.54, 1.807) is 32.0 Å². The lowest BCUT2D eigenvalue weighted by molar-refractivity contribution is 0.0696. The Hall–Kier alpha value is -2.15. The molecular formula is C14H16N2O4S. The summed E-state index contributed by atoms with van der Waals surface area (Å²) < 4.78 is 25.9. The van der Waals surface area contributed by atoms with E-state index in [2.05, 4.69) is 5.10 Å². The van der Waals surface area contributed by atoms with Gasteiger partial charge in [-0.25, -0.2) is 17.9 Å². The van der Waals surface area contributed by atoms with Crippen LogP contribution in [0.5, 0.6) is 0 Å². The van der Waals surface area contributed by atoms with Crippen LogP contribution in [0, 0.1) is 6.92 Å². The van der Waals surface area contributed by atoms with Crippen molar-refractivity contribution in [2.75, 3.05) is 5.75 Å². The van der Waals surface area contributed by atoms with Crippen LogP contribution in [0.2, 0.25) is 0 Å². The zero-order valence-corrected chi connectivity index (χ0v) is 12.6. The number of aromatic carboxylic acids is 1. The van der Waals surface area contributed by atoms with Crippen molar-refractivity contribution in [3.63, 3.8) is 0 Å². The summed E-state index contributed by atoms with van der Waals surface area (Å²) in [6.07, 6.45) is 1.84. The van der Waals surface area contributed by atoms with Gasteiger partial charge in [-0.3, -0.25) is 0 Å². The van der Waals surface area contributed by atoms with Crippen LogP contribution in [0.1, 0.15) is 29.4 Å². The number of hydrogen-bond donors (Lipinski definition) is 1. The summed E-state index contributed by atoms with van der Waals surface area (Å²) >= 11 is 0. The fourth-order valence-electron chi connectivity index (χ4n) is 2.08. The van der Waals surface area contributed by atoms with E-state index in [0.717, 1.165) is 0 Å². The van der Waals surface area contributed by atoms with Gasteiger partial charge in [-0.15, -0.1) is 0 Å². The molecule has 0 aliphatic heterocycles. The fourth-order valence-corrected chi connectivity index (χ4v) is 3.61. The normalized spacial score (nSPS) is 11.5. The van der Waals surface area contributed by atoms with E-state index in [4.69, 9.17) is 5.11 Å². The molecular weight excluding hydrogens is 292 g/mol. The van der Waals surface area contributed by atoms with Gasteiger partial charge in [-0.2, -0.15) is 5.10 Å². The maximum absolute atomic E-state index is 12.3. The van der Waals surface area contributed by atoms with E-state index in [1.807, 2.05) is 0 Å². The first-order valence-electron chi connectivity index (χ1n) is 6.48. The second kappa shape index (κ2) is 5.69. The Labute approximate surface area is 123 Å². The van der Waals surface area contributed by atoms with Crippen molar-refractivity contribution in [3.05, 3.63) is 41.7 Å². The highest BCUT2D eigenvalue weighted by Gasteiger charge is 2.20. The van der Waals surface area contributed by atoms with Gasteiger partial charge in [-0.05, 0) is 25.5 Å². The zero-order valence-electron chi connectivity index (χ0n) is 11.8. The Bertz CT molecular complexity index is 778. The second-order valence-electron chi connectivity index (χ2n) is 4.66. The molecule has 2 rings (SSSR count). The summed E-state index contributed by atoms with van der Waals surface area (Å²) in [6, 6.07) is 6.46. The molecule has 0 unspecified atom stereocenters. The van der Waals surface area contributed by atoms with Gasteiger partial charge in [0, 0.05) is 6.20 Å². The maximum Gasteiger partial charge on any atom is 0.339 e. The number of sulfone groups is 1. The van der Waals surface area contributed by atoms with E-state index in [-0.39, 0.29) is 16.2 Å². The molecule has 0 saturated carbocycles. The fraction of sp³-hybridized carbons (Fsp3) is 0.286. The number of carboxylic acid groups (broad SMARTS) is 1. The van der Waals surface area contributed by atoms with Crippen molar-refractivity contribution in [2.45, 2.75) is 25.2 Å². The van der Waals surface area contributed by atoms with Crippen LogP contribution in [0.25, 0.3) is 5.69 Å². The molecule has 0 amide bonds. The van der Waals surface area contributed by atoms with Crippen molar-refractivity contribution in [1.29, 1.82) is 0 Å². The third-order valence-corrected chi connectivity index (χ3v) is 5.01. The van der Waals surface area contributed by atoms with Gasteiger partial charge in [0.15, 0.2) is 9.84 Å². The Kier molecular flexibility index (Phi) is 4.13. The molecule has 0 bridgehead atoms. The summed E-state index contributed by atoms with van der Waals surface area (Å²) in [6.45, 7) is 3.36. The van der Waals surface area contributed by atoms with Crippen LogP contribution in [0.4, 0.5) is 0 Å². The minimum absolute atomic E-state index is 0.0377. The topological polar surface area (TPSA) is 89.3 Å². The maximum atomic E-state index is 12.3. The third kappa shape index (κ3) is 2.97. The number of hydrogen-bond acceptors (Lipinski definition) is 4. The van der Waals surface area contributed by atoms with Crippen LogP contribution in [0.15, 0.2) is 35.4 Å². The average molecular weight is 308 g/mol. The van der Waals surface area contributed by atoms with Crippen molar-refractivity contribution in [3.8, 4) is 5.69 Å². The van der Waals surface area contributed by atoms with Gasteiger partial charge in [0.25, 0.3) is 0 Å². The number of benzene rings is 1. The SMILES string of the molecule is CCCS(=O)(=O)c1ccccc1-n1cc(C(=O)O)c(C)n1. The first-order valence-corrected chi connectivity index (χ1v) is 8.13. The van der Waals surface area contributed by atoms with E-state index in [0.29, 0.717) is 17.8 Å². The van der Waals surface area contributed by atoms with Gasteiger partial charge in [0.1, 0.15) is 5.56 Å². The van der Waals surface area contributed by atoms with Gasteiger partial charge in [0.05, 0.1) is 22.0 Å². The van der Waals surface area contributed by atoms with Gasteiger partial charge in [-0.1, -0.05) is 19.1 Å². The van der Waals surface area contributed by atoms with Gasteiger partial charge < -0.3 is 5.11 Å². The lowest BCUT2D eigenvalue weighted by Gasteiger charge is -2.09. The predicted molar refractivity (Wildman–Crippen MR) is 77.6 cm³/mol. The van der Waals surface area contributed by atoms with Crippen LogP contribution in [-0.4, -0.2) is 35.0 Å². The van der Waals surface area contributed by atoms with Crippen LogP contribution < -0.4 is 0 Å². The molecule has 1 heterocycles. The molecule has 0 radical (unpaired) electrons. The first-order chi connectivity index (χ1) is 9.86. The van der Waals surface area contributed by atoms with Crippen LogP contribution >= 0.6 is 0 Å². The van der Waals surface area contributed by atoms with Gasteiger partial charge in [0.2, 0.25) is 0 Å². The molecule has 2 aromatic rings. The highest BCUT2D eigenvalue weighted by Crippen LogP contribution is 2.22. The molecule has 112 valence electrons. The molecule has 1 aromatic carbocycles. The summed E-state index contributed by atoms with van der Waals surface area (Å²) in [5.74, 6) is -1.05. The number of para-hydroxylation sites is 1. The molecule has 0 aliphatic carbocycles. The van der Waals surface area contributed by atoms with Crippen LogP contribution in [0.3, 0.4) is 0 Å². The van der Waals surface area contributed by atoms with E-state index in [9.17, 15) is 13.2 Å². The smallest absolute Gasteiger partial charge is 0.339 e. The minimum atomic E-state index is -3.42. The zero-order chi connectivity index (χ0) is 15.6. The molecule has 0 atom stereocenters. The molecule has 0 fully saturated rings. The monoisotopic (exact) mass is 308 g/mol. The highest BCUT2D eigenvalue weighted by atomic mass is 32.2. The number of rotatable bonds is 5. The number of carboxylic acids is 1. The van der Waals surface area contributed by atoms with Crippen LogP contribution in [-0.2, 0) is 9.84 Å². The number of carbonyl (C=O) groups is 1. The Balaban J connectivity index is 2.61. The van der Waals surface area contributed by atoms with E-state index >= 15 is 0 Å². The number of nitrogens with zero attached hydrogens (tertiary/aromatic N) is 2. The lowest BCUT2D eigenvalue weighted by Crippen LogP contribution is -2.10. The largest absolute Gasteiger partial charge is 0.478 e. The van der Waals surface area contributed by atoms with Crippen molar-refractivity contribution in [1.82, 2.24) is 9.78 Å². The summed E-state index contributed by atoms with van der Waals surface area (Å²) in [5.41, 5.74) is 0.754. The van der Waals surface area contributed by atoms with Crippen molar-refractivity contribution in [2.24, 2.45) is 0 Å². The average Bonchev–Trinajstić information content (AvgIpc) is 2.81. The van der Waals surface area contributed by atoms with Gasteiger partial charge >= 0.3 is 5.97 Å². The molecule has 21 heavy (non-hydrogen) atoms. The highest BCUT2D eigenvalue weighted by molar-refractivity contribution is 7.91. The lowest BCUT2D eigenvalue weighted by atomic mass is 10.3. The standard InChI is InChI=1S/C14H16N2O4S/c1-3-8-21(19,20)13-7-5-4-6-12(13)16-9-11(14(17)18)10(2)15-16/h4-7,9H,3,8H2,1-2H3,(H,17,18). The molecule has 0 spiro atoms. The van der Waals surface area contributed by atoms with E-state index < -0.39 is 15.8 Å². The number of aryl methyl sites for hydroxylation is 1. The quantitative estimate of drug-likeness (QED) is 0.913. The Morgan fingerprint density at radius 2 is 2.00 bits per heavy atom. The molecule has 0 saturated heterocycles. The van der Waals surface area contributed by atoms with Crippen molar-refractivity contribution < 1.29 is 18.3 Å². The first kappa shape index (κ1) is 15.2. The molecule has 1 N–H and O–H groups in total. The van der Waals surface area contributed by atoms with E-state index in [1.165, 1.54) is 16.9 Å². The Morgan fingerprint density at radius 3 is 2.57 bits per heavy atom. The predicted octanol–water partition coefficient (Wildman–Crippen LogP) is 2.06. The Morgan fingerprint density at radius 1 is 1.33 bits per heavy atom. The number of aromatic nitrogens is 2. The molecule has 6 nitrogen and oxygen atoms in total. The summed E-state index contributed by atoms with van der Waals surface area (Å²) in [4.78, 5) is 11.2. The third-order valence-electron chi connectivity index (χ3n) is 3.05. The minimum Gasteiger partial charge on any atom is -0.478 e. The molecule has 1 aromatic heterocycles. The summed E-state index contributed by atoms with van der Waals surface area (Å²) in [5, 5.41) is 13.2. The second-order valence-corrected chi connectivity index (χ2v) is 6.74. The molecule has 7 heteroatoms. The summed E-state index contributed by atoms with van der Waals surface area (Å²) in [7, 11) is -3.42.